The number of nitrogens with zero attached hydrogens (tertiary/aromatic N) is 1. The molecule has 0 aromatic carbocycles. The first kappa shape index (κ1) is 13.2. The fourth-order valence-corrected chi connectivity index (χ4v) is 1.49. The molecule has 4 heteroatoms. The van der Waals surface area contributed by atoms with Gasteiger partial charge in [-0.15, -0.1) is 0 Å². The molecule has 0 fully saturated rings. The van der Waals surface area contributed by atoms with Crippen molar-refractivity contribution in [1.82, 2.24) is 10.5 Å². The Bertz CT molecular complexity index is 274. The normalized spacial score (nSPS) is 10.9. The summed E-state index contributed by atoms with van der Waals surface area (Å²) in [5.41, 5.74) is 0.923. The molecule has 1 N–H and O–H groups in total. The lowest BCUT2D eigenvalue weighted by atomic mass is 10.2. The van der Waals surface area contributed by atoms with E-state index < -0.39 is 0 Å². The highest BCUT2D eigenvalue weighted by molar-refractivity contribution is 5.03. The second-order valence-electron chi connectivity index (χ2n) is 3.93. The van der Waals surface area contributed by atoms with Crippen LogP contribution in [-0.4, -0.2) is 18.8 Å². The highest BCUT2D eigenvalue weighted by atomic mass is 16.5. The van der Waals surface area contributed by atoms with Crippen LogP contribution in [0.25, 0.3) is 0 Å². The van der Waals surface area contributed by atoms with E-state index in [0.717, 1.165) is 31.0 Å². The summed E-state index contributed by atoms with van der Waals surface area (Å²) in [6.45, 7) is 4.28. The average Bonchev–Trinajstić information content (AvgIpc) is 2.72. The van der Waals surface area contributed by atoms with Crippen molar-refractivity contribution in [3.8, 4) is 0 Å². The van der Waals surface area contributed by atoms with Crippen LogP contribution < -0.4 is 5.32 Å². The highest BCUT2D eigenvalue weighted by Crippen LogP contribution is 2.06. The Morgan fingerprint density at radius 2 is 2.25 bits per heavy atom. The summed E-state index contributed by atoms with van der Waals surface area (Å²) < 4.78 is 10.6. The SMILES string of the molecule is CCCCCCOCc1cc(CNC)no1. The van der Waals surface area contributed by atoms with E-state index in [-0.39, 0.29) is 0 Å². The Kier molecular flexibility index (Phi) is 6.85. The molecule has 0 aliphatic heterocycles. The minimum atomic E-state index is 0.531. The van der Waals surface area contributed by atoms with Gasteiger partial charge >= 0.3 is 0 Å². The zero-order valence-corrected chi connectivity index (χ0v) is 10.3. The summed E-state index contributed by atoms with van der Waals surface area (Å²) in [5, 5.41) is 6.94. The summed E-state index contributed by atoms with van der Waals surface area (Å²) in [7, 11) is 1.89. The zero-order valence-electron chi connectivity index (χ0n) is 10.3. The molecule has 0 saturated heterocycles. The smallest absolute Gasteiger partial charge is 0.162 e. The summed E-state index contributed by atoms with van der Waals surface area (Å²) in [6.07, 6.45) is 4.93. The van der Waals surface area contributed by atoms with Gasteiger partial charge in [-0.1, -0.05) is 31.3 Å². The average molecular weight is 226 g/mol. The van der Waals surface area contributed by atoms with E-state index in [1.807, 2.05) is 13.1 Å². The van der Waals surface area contributed by atoms with Gasteiger partial charge in [0.1, 0.15) is 6.61 Å². The zero-order chi connectivity index (χ0) is 11.6. The van der Waals surface area contributed by atoms with Gasteiger partial charge in [0.15, 0.2) is 5.76 Å². The minimum absolute atomic E-state index is 0.531. The van der Waals surface area contributed by atoms with Crippen molar-refractivity contribution in [3.05, 3.63) is 17.5 Å². The Morgan fingerprint density at radius 1 is 1.38 bits per heavy atom. The monoisotopic (exact) mass is 226 g/mol. The molecule has 0 unspecified atom stereocenters. The van der Waals surface area contributed by atoms with Crippen molar-refractivity contribution in [1.29, 1.82) is 0 Å². The van der Waals surface area contributed by atoms with Crippen LogP contribution in [0.1, 0.15) is 44.1 Å². The van der Waals surface area contributed by atoms with Crippen LogP contribution >= 0.6 is 0 Å². The fraction of sp³-hybridized carbons (Fsp3) is 0.750. The molecule has 92 valence electrons. The Balaban J connectivity index is 2.07. The molecule has 1 aromatic rings. The van der Waals surface area contributed by atoms with Gasteiger partial charge < -0.3 is 14.6 Å². The van der Waals surface area contributed by atoms with Gasteiger partial charge in [-0.05, 0) is 13.5 Å². The van der Waals surface area contributed by atoms with Crippen LogP contribution in [0.3, 0.4) is 0 Å². The van der Waals surface area contributed by atoms with Crippen molar-refractivity contribution >= 4 is 0 Å². The van der Waals surface area contributed by atoms with Crippen LogP contribution in [0, 0.1) is 0 Å². The third-order valence-electron chi connectivity index (χ3n) is 2.35. The van der Waals surface area contributed by atoms with E-state index in [1.165, 1.54) is 19.3 Å². The first-order valence-corrected chi connectivity index (χ1v) is 6.03. The molecule has 1 heterocycles. The topological polar surface area (TPSA) is 47.3 Å². The van der Waals surface area contributed by atoms with Gasteiger partial charge in [-0.2, -0.15) is 0 Å². The van der Waals surface area contributed by atoms with Crippen LogP contribution in [0.2, 0.25) is 0 Å². The predicted molar refractivity (Wildman–Crippen MR) is 63.1 cm³/mol. The molecule has 0 aliphatic carbocycles. The number of hydrogen-bond donors (Lipinski definition) is 1. The number of hydrogen-bond acceptors (Lipinski definition) is 4. The van der Waals surface area contributed by atoms with Crippen molar-refractivity contribution in [2.45, 2.75) is 45.8 Å². The first-order chi connectivity index (χ1) is 7.86. The van der Waals surface area contributed by atoms with E-state index in [1.54, 1.807) is 0 Å². The molecule has 0 spiro atoms. The molecule has 0 aliphatic rings. The number of unbranched alkanes of at least 4 members (excludes halogenated alkanes) is 3. The van der Waals surface area contributed by atoms with Gasteiger partial charge in [0, 0.05) is 19.2 Å². The maximum atomic E-state index is 5.50. The van der Waals surface area contributed by atoms with Crippen LogP contribution in [0.15, 0.2) is 10.6 Å². The number of ether oxygens (including phenoxy) is 1. The lowest BCUT2D eigenvalue weighted by Gasteiger charge is -2.00. The maximum Gasteiger partial charge on any atom is 0.162 e. The second kappa shape index (κ2) is 8.30. The Hall–Kier alpha value is -0.870. The van der Waals surface area contributed by atoms with Crippen LogP contribution in [-0.2, 0) is 17.9 Å². The molecule has 0 saturated carbocycles. The molecule has 0 amide bonds. The van der Waals surface area contributed by atoms with E-state index in [9.17, 15) is 0 Å². The van der Waals surface area contributed by atoms with Crippen molar-refractivity contribution in [3.63, 3.8) is 0 Å². The summed E-state index contributed by atoms with van der Waals surface area (Å²) in [4.78, 5) is 0. The van der Waals surface area contributed by atoms with Crippen molar-refractivity contribution in [2.75, 3.05) is 13.7 Å². The molecule has 16 heavy (non-hydrogen) atoms. The van der Waals surface area contributed by atoms with Crippen LogP contribution in [0.5, 0.6) is 0 Å². The summed E-state index contributed by atoms with van der Waals surface area (Å²) >= 11 is 0. The molecule has 1 rings (SSSR count). The third-order valence-corrected chi connectivity index (χ3v) is 2.35. The van der Waals surface area contributed by atoms with E-state index in [0.29, 0.717) is 6.61 Å². The molecule has 0 atom stereocenters. The van der Waals surface area contributed by atoms with Gasteiger partial charge in [0.25, 0.3) is 0 Å². The standard InChI is InChI=1S/C12H22N2O2/c1-3-4-5-6-7-15-10-12-8-11(9-13-2)14-16-12/h8,13H,3-7,9-10H2,1-2H3. The molecule has 0 bridgehead atoms. The molecule has 0 radical (unpaired) electrons. The Morgan fingerprint density at radius 3 is 3.00 bits per heavy atom. The molecular formula is C12H22N2O2. The summed E-state index contributed by atoms with van der Waals surface area (Å²) in [5.74, 6) is 0.806. The minimum Gasteiger partial charge on any atom is -0.373 e. The Labute approximate surface area is 97.3 Å². The van der Waals surface area contributed by atoms with Gasteiger partial charge in [-0.3, -0.25) is 0 Å². The number of aromatic nitrogens is 1. The third kappa shape index (κ3) is 5.28. The fourth-order valence-electron chi connectivity index (χ4n) is 1.49. The molecule has 4 nitrogen and oxygen atoms in total. The van der Waals surface area contributed by atoms with Crippen molar-refractivity contribution in [2.24, 2.45) is 0 Å². The predicted octanol–water partition coefficient (Wildman–Crippen LogP) is 2.49. The maximum absolute atomic E-state index is 5.50. The lowest BCUT2D eigenvalue weighted by molar-refractivity contribution is 0.0976. The van der Waals surface area contributed by atoms with E-state index >= 15 is 0 Å². The van der Waals surface area contributed by atoms with Gasteiger partial charge in [0.2, 0.25) is 0 Å². The molecule has 1 aromatic heterocycles. The second-order valence-corrected chi connectivity index (χ2v) is 3.93. The van der Waals surface area contributed by atoms with Crippen LogP contribution in [0.4, 0.5) is 0 Å². The van der Waals surface area contributed by atoms with Crippen molar-refractivity contribution < 1.29 is 9.26 Å². The quantitative estimate of drug-likeness (QED) is 0.657. The van der Waals surface area contributed by atoms with E-state index in [2.05, 4.69) is 17.4 Å². The van der Waals surface area contributed by atoms with E-state index in [4.69, 9.17) is 9.26 Å². The van der Waals surface area contributed by atoms with Gasteiger partial charge in [-0.25, -0.2) is 0 Å². The molecular weight excluding hydrogens is 204 g/mol. The largest absolute Gasteiger partial charge is 0.373 e. The lowest BCUT2D eigenvalue weighted by Crippen LogP contribution is -2.04. The first-order valence-electron chi connectivity index (χ1n) is 6.03. The highest BCUT2D eigenvalue weighted by Gasteiger charge is 2.02. The summed E-state index contributed by atoms with van der Waals surface area (Å²) in [6, 6.07) is 1.93. The number of rotatable bonds is 9. The number of nitrogens with one attached hydrogen (secondary N) is 1. The van der Waals surface area contributed by atoms with Gasteiger partial charge in [0.05, 0.1) is 5.69 Å².